The van der Waals surface area contributed by atoms with Crippen LogP contribution in [0.4, 0.5) is 0 Å². The lowest BCUT2D eigenvalue weighted by molar-refractivity contribution is -0.141. The van der Waals surface area contributed by atoms with E-state index in [2.05, 4.69) is 19.2 Å². The van der Waals surface area contributed by atoms with E-state index in [1.807, 2.05) is 61.5 Å². The monoisotopic (exact) mass is 396 g/mol. The summed E-state index contributed by atoms with van der Waals surface area (Å²) in [5, 5.41) is 2.98. The maximum atomic E-state index is 13.2. The number of methoxy groups -OCH3 is 1. The van der Waals surface area contributed by atoms with Gasteiger partial charge in [-0.2, -0.15) is 0 Å². The van der Waals surface area contributed by atoms with Crippen LogP contribution >= 0.6 is 0 Å². The summed E-state index contributed by atoms with van der Waals surface area (Å²) in [6.07, 6.45) is 0.801. The first-order valence-electron chi connectivity index (χ1n) is 10.2. The van der Waals surface area contributed by atoms with Crippen molar-refractivity contribution < 1.29 is 14.3 Å². The molecule has 156 valence electrons. The Morgan fingerprint density at radius 1 is 1.00 bits per heavy atom. The molecule has 2 amide bonds. The highest BCUT2D eigenvalue weighted by atomic mass is 16.5. The average molecular weight is 397 g/mol. The summed E-state index contributed by atoms with van der Waals surface area (Å²) in [6.45, 7) is 7.05. The second kappa shape index (κ2) is 11.2. The Morgan fingerprint density at radius 2 is 1.66 bits per heavy atom. The van der Waals surface area contributed by atoms with E-state index >= 15 is 0 Å². The minimum atomic E-state index is -0.500. The first kappa shape index (κ1) is 22.5. The molecule has 5 nitrogen and oxygen atoms in total. The van der Waals surface area contributed by atoms with Crippen LogP contribution in [0.25, 0.3) is 0 Å². The highest BCUT2D eigenvalue weighted by Gasteiger charge is 2.28. The van der Waals surface area contributed by atoms with Gasteiger partial charge in [0.1, 0.15) is 11.8 Å². The molecule has 29 heavy (non-hydrogen) atoms. The second-order valence-electron chi connectivity index (χ2n) is 7.60. The van der Waals surface area contributed by atoms with Gasteiger partial charge in [0.25, 0.3) is 0 Å². The van der Waals surface area contributed by atoms with Gasteiger partial charge in [-0.25, -0.2) is 0 Å². The molecule has 0 radical (unpaired) electrons. The third-order valence-electron chi connectivity index (χ3n) is 4.78. The molecule has 0 spiro atoms. The molecule has 1 N–H and O–H groups in total. The normalized spacial score (nSPS) is 11.8. The molecule has 1 atom stereocenters. The molecule has 0 saturated carbocycles. The first-order valence-corrected chi connectivity index (χ1v) is 10.2. The fraction of sp³-hybridized carbons (Fsp3) is 0.417. The number of carbonyl (C=O) groups excluding carboxylic acids is 2. The fourth-order valence-corrected chi connectivity index (χ4v) is 3.14. The maximum Gasteiger partial charge on any atom is 0.242 e. The Morgan fingerprint density at radius 3 is 2.21 bits per heavy atom. The van der Waals surface area contributed by atoms with E-state index < -0.39 is 6.04 Å². The summed E-state index contributed by atoms with van der Waals surface area (Å²) >= 11 is 0. The molecule has 2 aromatic rings. The van der Waals surface area contributed by atoms with Crippen LogP contribution in [0.2, 0.25) is 0 Å². The van der Waals surface area contributed by atoms with Crippen molar-refractivity contribution in [2.24, 2.45) is 5.92 Å². The summed E-state index contributed by atoms with van der Waals surface area (Å²) in [7, 11) is 1.61. The van der Waals surface area contributed by atoms with Crippen molar-refractivity contribution in [1.82, 2.24) is 10.2 Å². The Kier molecular flexibility index (Phi) is 8.71. The smallest absolute Gasteiger partial charge is 0.242 e. The van der Waals surface area contributed by atoms with Crippen molar-refractivity contribution >= 4 is 11.8 Å². The van der Waals surface area contributed by atoms with E-state index in [1.54, 1.807) is 12.0 Å². The van der Waals surface area contributed by atoms with E-state index in [1.165, 1.54) is 0 Å². The molecular formula is C24H32N2O3. The number of ether oxygens (including phenoxy) is 1. The van der Waals surface area contributed by atoms with Crippen LogP contribution < -0.4 is 10.1 Å². The molecule has 0 aliphatic rings. The zero-order valence-corrected chi connectivity index (χ0v) is 17.9. The van der Waals surface area contributed by atoms with Crippen molar-refractivity contribution in [2.45, 2.75) is 46.2 Å². The SMILES string of the molecule is CC[C@H](C(=O)NCC(C)C)N(Cc1ccccc1)C(=O)Cc1ccc(OC)cc1. The third kappa shape index (κ3) is 6.93. The lowest BCUT2D eigenvalue weighted by Crippen LogP contribution is -2.50. The summed E-state index contributed by atoms with van der Waals surface area (Å²) in [4.78, 5) is 27.8. The maximum absolute atomic E-state index is 13.2. The van der Waals surface area contributed by atoms with Gasteiger partial charge in [0.2, 0.25) is 11.8 Å². The molecule has 0 aliphatic carbocycles. The quantitative estimate of drug-likeness (QED) is 0.664. The van der Waals surface area contributed by atoms with Gasteiger partial charge >= 0.3 is 0 Å². The van der Waals surface area contributed by atoms with Crippen molar-refractivity contribution in [3.63, 3.8) is 0 Å². The molecular weight excluding hydrogens is 364 g/mol. The van der Waals surface area contributed by atoms with Crippen LogP contribution in [0.1, 0.15) is 38.3 Å². The molecule has 0 bridgehead atoms. The van der Waals surface area contributed by atoms with Gasteiger partial charge in [-0.1, -0.05) is 63.2 Å². The highest BCUT2D eigenvalue weighted by Crippen LogP contribution is 2.16. The average Bonchev–Trinajstić information content (AvgIpc) is 2.73. The molecule has 2 rings (SSSR count). The van der Waals surface area contributed by atoms with Gasteiger partial charge in [0.05, 0.1) is 13.5 Å². The van der Waals surface area contributed by atoms with Gasteiger partial charge in [-0.3, -0.25) is 9.59 Å². The number of hydrogen-bond acceptors (Lipinski definition) is 3. The van der Waals surface area contributed by atoms with Crippen LogP contribution in [-0.4, -0.2) is 36.4 Å². The molecule has 0 heterocycles. The number of nitrogens with zero attached hydrogens (tertiary/aromatic N) is 1. The lowest BCUT2D eigenvalue weighted by Gasteiger charge is -2.31. The van der Waals surface area contributed by atoms with Gasteiger partial charge in [-0.05, 0) is 35.6 Å². The topological polar surface area (TPSA) is 58.6 Å². The van der Waals surface area contributed by atoms with Gasteiger partial charge in [-0.15, -0.1) is 0 Å². The van der Waals surface area contributed by atoms with E-state index in [-0.39, 0.29) is 18.2 Å². The molecule has 2 aromatic carbocycles. The minimum Gasteiger partial charge on any atom is -0.497 e. The first-order chi connectivity index (χ1) is 13.9. The number of hydrogen-bond donors (Lipinski definition) is 1. The van der Waals surface area contributed by atoms with E-state index in [0.29, 0.717) is 25.4 Å². The molecule has 0 saturated heterocycles. The van der Waals surface area contributed by atoms with E-state index in [9.17, 15) is 9.59 Å². The molecule has 0 unspecified atom stereocenters. The van der Waals surface area contributed by atoms with Gasteiger partial charge < -0.3 is 15.0 Å². The predicted octanol–water partition coefficient (Wildman–Crippen LogP) is 3.82. The number of benzene rings is 2. The third-order valence-corrected chi connectivity index (χ3v) is 4.78. The summed E-state index contributed by atoms with van der Waals surface area (Å²) < 4.78 is 5.19. The van der Waals surface area contributed by atoms with Crippen LogP contribution in [-0.2, 0) is 22.6 Å². The van der Waals surface area contributed by atoms with Crippen LogP contribution in [0, 0.1) is 5.92 Å². The Labute approximate surface area is 174 Å². The highest BCUT2D eigenvalue weighted by molar-refractivity contribution is 5.88. The molecule has 0 aromatic heterocycles. The zero-order chi connectivity index (χ0) is 21.2. The molecule has 0 fully saturated rings. The molecule has 5 heteroatoms. The lowest BCUT2D eigenvalue weighted by atomic mass is 10.1. The predicted molar refractivity (Wildman–Crippen MR) is 116 cm³/mol. The van der Waals surface area contributed by atoms with E-state index in [4.69, 9.17) is 4.74 Å². The largest absolute Gasteiger partial charge is 0.497 e. The zero-order valence-electron chi connectivity index (χ0n) is 17.9. The van der Waals surface area contributed by atoms with Crippen LogP contribution in [0.5, 0.6) is 5.75 Å². The summed E-state index contributed by atoms with van der Waals surface area (Å²) in [6, 6.07) is 16.8. The Bertz CT molecular complexity index is 772. The van der Waals surface area contributed by atoms with Crippen molar-refractivity contribution in [2.75, 3.05) is 13.7 Å². The number of amides is 2. The summed E-state index contributed by atoms with van der Waals surface area (Å²) in [5.41, 5.74) is 1.90. The van der Waals surface area contributed by atoms with Crippen LogP contribution in [0.3, 0.4) is 0 Å². The van der Waals surface area contributed by atoms with Crippen molar-refractivity contribution in [1.29, 1.82) is 0 Å². The number of carbonyl (C=O) groups is 2. The fourth-order valence-electron chi connectivity index (χ4n) is 3.14. The second-order valence-corrected chi connectivity index (χ2v) is 7.60. The number of rotatable bonds is 10. The standard InChI is InChI=1S/C24H32N2O3/c1-5-22(24(28)25-16-18(2)3)26(17-20-9-7-6-8-10-20)23(27)15-19-11-13-21(29-4)14-12-19/h6-14,18,22H,5,15-17H2,1-4H3,(H,25,28)/t22-/m1/s1. The summed E-state index contributed by atoms with van der Waals surface area (Å²) in [5.74, 6) is 0.946. The Balaban J connectivity index is 2.21. The van der Waals surface area contributed by atoms with Crippen molar-refractivity contribution in [3.8, 4) is 5.75 Å². The van der Waals surface area contributed by atoms with E-state index in [0.717, 1.165) is 16.9 Å². The number of nitrogens with one attached hydrogen (secondary N) is 1. The minimum absolute atomic E-state index is 0.0643. The van der Waals surface area contributed by atoms with Gasteiger partial charge in [0, 0.05) is 13.1 Å². The van der Waals surface area contributed by atoms with Gasteiger partial charge in [0.15, 0.2) is 0 Å². The molecule has 0 aliphatic heterocycles. The van der Waals surface area contributed by atoms with Crippen molar-refractivity contribution in [3.05, 3.63) is 65.7 Å². The Hall–Kier alpha value is -2.82. The van der Waals surface area contributed by atoms with Crippen LogP contribution in [0.15, 0.2) is 54.6 Å².